The van der Waals surface area contributed by atoms with Crippen LogP contribution >= 0.6 is 0 Å². The van der Waals surface area contributed by atoms with Gasteiger partial charge in [-0.25, -0.2) is 18.2 Å². The largest absolute Gasteiger partial charge is 0.330 e. The van der Waals surface area contributed by atoms with Crippen molar-refractivity contribution >= 4 is 39.5 Å². The Labute approximate surface area is 210 Å². The first kappa shape index (κ1) is 25.1. The Bertz CT molecular complexity index is 1420. The SMILES string of the molecule is CC(C)N(C=N)C(=N)c1cccc(N2CCN(c3cccc(-c4ccc(S(C)(=O)=O)cc4)c3)C2=O)n1. The van der Waals surface area contributed by atoms with Gasteiger partial charge >= 0.3 is 6.03 Å². The molecule has 0 aliphatic carbocycles. The lowest BCUT2D eigenvalue weighted by atomic mass is 10.1. The summed E-state index contributed by atoms with van der Waals surface area (Å²) in [6.45, 7) is 4.69. The van der Waals surface area contributed by atoms with Crippen molar-refractivity contribution < 1.29 is 13.2 Å². The minimum atomic E-state index is -3.27. The fourth-order valence-electron chi connectivity index (χ4n) is 4.05. The van der Waals surface area contributed by atoms with Crippen LogP contribution < -0.4 is 9.80 Å². The highest BCUT2D eigenvalue weighted by atomic mass is 32.2. The Kier molecular flexibility index (Phi) is 6.89. The van der Waals surface area contributed by atoms with Crippen LogP contribution in [0.15, 0.2) is 71.6 Å². The quantitative estimate of drug-likeness (QED) is 0.368. The number of pyridine rings is 1. The molecule has 2 aromatic carbocycles. The van der Waals surface area contributed by atoms with Gasteiger partial charge in [-0.15, -0.1) is 0 Å². The molecule has 0 atom stereocenters. The summed E-state index contributed by atoms with van der Waals surface area (Å²) in [5, 5.41) is 16.0. The second-order valence-electron chi connectivity index (χ2n) is 8.79. The Morgan fingerprint density at radius 2 is 1.67 bits per heavy atom. The number of sulfone groups is 1. The molecule has 0 radical (unpaired) electrons. The van der Waals surface area contributed by atoms with Crippen LogP contribution in [0.25, 0.3) is 11.1 Å². The molecular weight excluding hydrogens is 476 g/mol. The van der Waals surface area contributed by atoms with Gasteiger partial charge < -0.3 is 4.90 Å². The van der Waals surface area contributed by atoms with Gasteiger partial charge in [0.2, 0.25) is 0 Å². The molecule has 10 heteroatoms. The first-order chi connectivity index (χ1) is 17.1. The van der Waals surface area contributed by atoms with Crippen molar-refractivity contribution in [3.05, 3.63) is 72.4 Å². The van der Waals surface area contributed by atoms with Crippen LogP contribution in [0.1, 0.15) is 19.5 Å². The fraction of sp³-hybridized carbons (Fsp3) is 0.231. The Hall–Kier alpha value is -4.05. The third-order valence-corrected chi connectivity index (χ3v) is 7.12. The average Bonchev–Trinajstić information content (AvgIpc) is 3.25. The number of urea groups is 1. The maximum atomic E-state index is 13.3. The second-order valence-corrected chi connectivity index (χ2v) is 10.8. The van der Waals surface area contributed by atoms with Crippen LogP contribution in [-0.2, 0) is 9.84 Å². The van der Waals surface area contributed by atoms with E-state index < -0.39 is 9.84 Å². The molecule has 3 aromatic rings. The number of nitrogens with one attached hydrogen (secondary N) is 2. The molecule has 1 aliphatic heterocycles. The molecule has 2 amide bonds. The molecule has 186 valence electrons. The van der Waals surface area contributed by atoms with E-state index in [1.807, 2.05) is 38.1 Å². The number of benzene rings is 2. The number of aromatic nitrogens is 1. The van der Waals surface area contributed by atoms with Crippen molar-refractivity contribution in [1.29, 1.82) is 10.8 Å². The number of carbonyl (C=O) groups excluding carboxylic acids is 1. The lowest BCUT2D eigenvalue weighted by Gasteiger charge is -2.24. The topological polar surface area (TPSA) is 122 Å². The summed E-state index contributed by atoms with van der Waals surface area (Å²) < 4.78 is 23.5. The molecule has 36 heavy (non-hydrogen) atoms. The van der Waals surface area contributed by atoms with Gasteiger partial charge in [0.05, 0.1) is 11.2 Å². The minimum Gasteiger partial charge on any atom is -0.314 e. The van der Waals surface area contributed by atoms with Gasteiger partial charge in [0.1, 0.15) is 11.5 Å². The molecule has 2 heterocycles. The maximum absolute atomic E-state index is 13.3. The van der Waals surface area contributed by atoms with Gasteiger partial charge in [0, 0.05) is 31.1 Å². The summed E-state index contributed by atoms with van der Waals surface area (Å²) in [5.41, 5.74) is 2.83. The smallest absolute Gasteiger partial charge is 0.314 e. The number of anilines is 2. The van der Waals surface area contributed by atoms with Crippen molar-refractivity contribution in [3.8, 4) is 11.1 Å². The summed E-state index contributed by atoms with van der Waals surface area (Å²) in [5.74, 6) is 0.547. The maximum Gasteiger partial charge on any atom is 0.330 e. The van der Waals surface area contributed by atoms with Gasteiger partial charge in [0.15, 0.2) is 15.7 Å². The van der Waals surface area contributed by atoms with Crippen LogP contribution in [0.4, 0.5) is 16.3 Å². The highest BCUT2D eigenvalue weighted by Gasteiger charge is 2.32. The van der Waals surface area contributed by atoms with Crippen LogP contribution in [0.3, 0.4) is 0 Å². The van der Waals surface area contributed by atoms with Crippen molar-refractivity contribution in [2.24, 2.45) is 0 Å². The lowest BCUT2D eigenvalue weighted by molar-refractivity contribution is 0.255. The summed E-state index contributed by atoms with van der Waals surface area (Å²) in [7, 11) is -3.27. The molecule has 1 fully saturated rings. The average molecular weight is 505 g/mol. The molecule has 0 unspecified atom stereocenters. The standard InChI is InChI=1S/C26H28N6O3S/c1-18(2)32(17-27)25(28)23-8-5-9-24(29-23)31-15-14-30(26(31)33)21-7-4-6-20(16-21)19-10-12-22(13-11-19)36(3,34)35/h4-13,16-18,27-28H,14-15H2,1-3H3. The van der Waals surface area contributed by atoms with Crippen molar-refractivity contribution in [2.75, 3.05) is 29.1 Å². The summed E-state index contributed by atoms with van der Waals surface area (Å²) >= 11 is 0. The number of nitrogens with zero attached hydrogens (tertiary/aromatic N) is 4. The van der Waals surface area contributed by atoms with Gasteiger partial charge in [-0.3, -0.25) is 20.6 Å². The zero-order valence-electron chi connectivity index (χ0n) is 20.3. The predicted octanol–water partition coefficient (Wildman–Crippen LogP) is 4.24. The number of carbonyl (C=O) groups is 1. The number of amidine groups is 1. The highest BCUT2D eigenvalue weighted by molar-refractivity contribution is 7.90. The summed E-state index contributed by atoms with van der Waals surface area (Å²) in [4.78, 5) is 22.9. The van der Waals surface area contributed by atoms with Gasteiger partial charge in [-0.1, -0.05) is 30.3 Å². The van der Waals surface area contributed by atoms with Crippen LogP contribution in [0, 0.1) is 10.8 Å². The summed E-state index contributed by atoms with van der Waals surface area (Å²) in [6.07, 6.45) is 2.28. The van der Waals surface area contributed by atoms with Gasteiger partial charge in [0.25, 0.3) is 0 Å². The van der Waals surface area contributed by atoms with E-state index in [1.54, 1.807) is 52.3 Å². The monoisotopic (exact) mass is 504 g/mol. The third kappa shape index (κ3) is 4.99. The van der Waals surface area contributed by atoms with E-state index in [1.165, 1.54) is 11.2 Å². The number of rotatable bonds is 7. The van der Waals surface area contributed by atoms with E-state index >= 15 is 0 Å². The van der Waals surface area contributed by atoms with Crippen LogP contribution in [0.5, 0.6) is 0 Å². The van der Waals surface area contributed by atoms with E-state index in [4.69, 9.17) is 10.8 Å². The van der Waals surface area contributed by atoms with Crippen LogP contribution in [0.2, 0.25) is 0 Å². The van der Waals surface area contributed by atoms with E-state index in [9.17, 15) is 13.2 Å². The fourth-order valence-corrected chi connectivity index (χ4v) is 4.68. The lowest BCUT2D eigenvalue weighted by Crippen LogP contribution is -2.36. The molecule has 1 saturated heterocycles. The zero-order chi connectivity index (χ0) is 26.0. The van der Waals surface area contributed by atoms with E-state index in [0.717, 1.165) is 23.2 Å². The number of hydrogen-bond acceptors (Lipinski definition) is 6. The summed E-state index contributed by atoms with van der Waals surface area (Å²) in [6, 6.07) is 19.1. The van der Waals surface area contributed by atoms with Gasteiger partial charge in [-0.05, 0) is 61.4 Å². The molecule has 0 saturated carbocycles. The second kappa shape index (κ2) is 9.90. The third-order valence-electron chi connectivity index (χ3n) is 5.99. The Morgan fingerprint density at radius 1 is 1.00 bits per heavy atom. The Morgan fingerprint density at radius 3 is 2.31 bits per heavy atom. The van der Waals surface area contributed by atoms with E-state index in [0.29, 0.717) is 24.6 Å². The molecule has 0 spiro atoms. The number of amides is 2. The molecule has 4 rings (SSSR count). The van der Waals surface area contributed by atoms with E-state index in [2.05, 4.69) is 4.98 Å². The Balaban J connectivity index is 1.56. The molecule has 1 aliphatic rings. The van der Waals surface area contributed by atoms with Crippen molar-refractivity contribution in [3.63, 3.8) is 0 Å². The van der Waals surface area contributed by atoms with Crippen molar-refractivity contribution in [2.45, 2.75) is 24.8 Å². The first-order valence-electron chi connectivity index (χ1n) is 11.4. The van der Waals surface area contributed by atoms with Crippen molar-refractivity contribution in [1.82, 2.24) is 9.88 Å². The first-order valence-corrected chi connectivity index (χ1v) is 13.3. The van der Waals surface area contributed by atoms with Crippen LogP contribution in [-0.4, -0.2) is 61.9 Å². The molecular formula is C26H28N6O3S. The van der Waals surface area contributed by atoms with Gasteiger partial charge in [-0.2, -0.15) is 0 Å². The molecule has 1 aromatic heterocycles. The predicted molar refractivity (Wildman–Crippen MR) is 142 cm³/mol. The zero-order valence-corrected chi connectivity index (χ0v) is 21.2. The molecule has 2 N–H and O–H groups in total. The highest BCUT2D eigenvalue weighted by Crippen LogP contribution is 2.29. The van der Waals surface area contributed by atoms with E-state index in [-0.39, 0.29) is 22.8 Å². The molecule has 9 nitrogen and oxygen atoms in total. The minimum absolute atomic E-state index is 0.0702. The number of hydrogen-bond donors (Lipinski definition) is 2. The normalized spacial score (nSPS) is 13.8. The molecule has 0 bridgehead atoms.